The van der Waals surface area contributed by atoms with Gasteiger partial charge in [0.2, 0.25) is 0 Å². The van der Waals surface area contributed by atoms with Gasteiger partial charge in [-0.3, -0.25) is 4.98 Å². The maximum Gasteiger partial charge on any atom is 0.0726 e. The normalized spacial score (nSPS) is 13.6. The average Bonchev–Trinajstić information content (AvgIpc) is 2.76. The molecule has 0 spiro atoms. The van der Waals surface area contributed by atoms with Crippen LogP contribution in [0.5, 0.6) is 0 Å². The first-order chi connectivity index (χ1) is 14.4. The Bertz CT molecular complexity index is 728. The molecule has 0 atom stereocenters. The molecule has 0 amide bonds. The van der Waals surface area contributed by atoms with Crippen molar-refractivity contribution in [2.24, 2.45) is 5.73 Å². The summed E-state index contributed by atoms with van der Waals surface area (Å²) < 4.78 is 0. The number of hydrogen-bond acceptors (Lipinski definition) is 4. The van der Waals surface area contributed by atoms with Crippen LogP contribution in [0.1, 0.15) is 75.5 Å². The molecule has 4 heteroatoms. The molecule has 0 fully saturated rings. The van der Waals surface area contributed by atoms with Crippen LogP contribution in [0, 0.1) is 0 Å². The molecule has 160 valence electrons. The molecule has 4 nitrogen and oxygen atoms in total. The van der Waals surface area contributed by atoms with Gasteiger partial charge < -0.3 is 16.4 Å². The molecule has 29 heavy (non-hydrogen) atoms. The lowest BCUT2D eigenvalue weighted by molar-refractivity contribution is 0.557. The van der Waals surface area contributed by atoms with E-state index in [2.05, 4.69) is 34.9 Å². The topological polar surface area (TPSA) is 63.0 Å². The van der Waals surface area contributed by atoms with E-state index in [4.69, 9.17) is 10.7 Å². The fourth-order valence-corrected chi connectivity index (χ4v) is 4.39. The molecule has 0 aliphatic heterocycles. The van der Waals surface area contributed by atoms with Gasteiger partial charge >= 0.3 is 0 Å². The average molecular weight is 397 g/mol. The summed E-state index contributed by atoms with van der Waals surface area (Å²) in [6.45, 7) is 4.18. The summed E-state index contributed by atoms with van der Waals surface area (Å²) >= 11 is 0. The summed E-state index contributed by atoms with van der Waals surface area (Å²) in [7, 11) is 0. The molecule has 3 rings (SSSR count). The number of hydrogen-bond donors (Lipinski definition) is 3. The second kappa shape index (κ2) is 12.8. The van der Waals surface area contributed by atoms with Gasteiger partial charge in [0, 0.05) is 23.3 Å². The summed E-state index contributed by atoms with van der Waals surface area (Å²) in [5, 5.41) is 8.67. The minimum absolute atomic E-state index is 0.844. The van der Waals surface area contributed by atoms with E-state index in [9.17, 15) is 0 Å². The number of aryl methyl sites for hydroxylation is 1. The van der Waals surface area contributed by atoms with Crippen LogP contribution in [0.2, 0.25) is 0 Å². The van der Waals surface area contributed by atoms with E-state index in [-0.39, 0.29) is 0 Å². The third-order valence-electron chi connectivity index (χ3n) is 6.06. The number of rotatable bonds is 14. The number of pyridine rings is 1. The third kappa shape index (κ3) is 6.97. The second-order valence-corrected chi connectivity index (χ2v) is 8.43. The van der Waals surface area contributed by atoms with Gasteiger partial charge in [0.25, 0.3) is 0 Å². The van der Waals surface area contributed by atoms with Crippen LogP contribution >= 0.6 is 0 Å². The lowest BCUT2D eigenvalue weighted by Gasteiger charge is -2.21. The molecule has 4 N–H and O–H groups in total. The zero-order valence-electron chi connectivity index (χ0n) is 18.1. The van der Waals surface area contributed by atoms with Gasteiger partial charge in [-0.25, -0.2) is 0 Å². The number of aromatic nitrogens is 1. The third-order valence-corrected chi connectivity index (χ3v) is 6.06. The molecule has 2 aromatic rings. The molecule has 0 saturated carbocycles. The molecular formula is C25H40N4. The van der Waals surface area contributed by atoms with Gasteiger partial charge in [-0.15, -0.1) is 0 Å². The minimum Gasteiger partial charge on any atom is -0.384 e. The fraction of sp³-hybridized carbons (Fsp3) is 0.640. The Kier molecular flexibility index (Phi) is 9.74. The van der Waals surface area contributed by atoms with Crippen molar-refractivity contribution < 1.29 is 0 Å². The zero-order valence-corrected chi connectivity index (χ0v) is 18.1. The van der Waals surface area contributed by atoms with E-state index < -0.39 is 0 Å². The first kappa shape index (κ1) is 22.0. The lowest BCUT2D eigenvalue weighted by Crippen LogP contribution is -2.18. The Balaban J connectivity index is 1.34. The second-order valence-electron chi connectivity index (χ2n) is 8.43. The van der Waals surface area contributed by atoms with Crippen LogP contribution in [0.3, 0.4) is 0 Å². The summed E-state index contributed by atoms with van der Waals surface area (Å²) in [6, 6.07) is 8.60. The van der Waals surface area contributed by atoms with E-state index in [1.165, 1.54) is 93.0 Å². The van der Waals surface area contributed by atoms with Crippen molar-refractivity contribution in [3.63, 3.8) is 0 Å². The molecule has 0 bridgehead atoms. The Morgan fingerprint density at radius 1 is 0.793 bits per heavy atom. The standard InChI is InChI=1S/C25H40N4/c26-17-9-3-1-2-4-10-18-27-19-11-12-20-28-25-21-13-5-7-15-23(21)29-24-16-8-6-14-22(24)25/h5,7,13,15,27H,1-4,6,8-12,14,16-20,26H2,(H,28,29). The molecule has 0 unspecified atom stereocenters. The summed E-state index contributed by atoms with van der Waals surface area (Å²) in [5.74, 6) is 0. The van der Waals surface area contributed by atoms with Crippen LogP contribution in [0.25, 0.3) is 10.9 Å². The van der Waals surface area contributed by atoms with Crippen molar-refractivity contribution in [3.8, 4) is 0 Å². The Hall–Kier alpha value is -1.65. The number of benzene rings is 1. The first-order valence-corrected chi connectivity index (χ1v) is 12.0. The summed E-state index contributed by atoms with van der Waals surface area (Å²) in [4.78, 5) is 4.93. The monoisotopic (exact) mass is 396 g/mol. The van der Waals surface area contributed by atoms with Gasteiger partial charge in [0.15, 0.2) is 0 Å². The molecule has 1 heterocycles. The van der Waals surface area contributed by atoms with Crippen LogP contribution in [0.15, 0.2) is 24.3 Å². The molecule has 1 aliphatic carbocycles. The molecule has 0 radical (unpaired) electrons. The van der Waals surface area contributed by atoms with E-state index in [1.807, 2.05) is 0 Å². The quantitative estimate of drug-likeness (QED) is 0.384. The molecule has 0 saturated heterocycles. The number of unbranched alkanes of at least 4 members (excludes halogenated alkanes) is 6. The highest BCUT2D eigenvalue weighted by atomic mass is 14.9. The molecule has 1 aromatic carbocycles. The smallest absolute Gasteiger partial charge is 0.0726 e. The van der Waals surface area contributed by atoms with E-state index in [1.54, 1.807) is 0 Å². The maximum absolute atomic E-state index is 5.53. The van der Waals surface area contributed by atoms with E-state index >= 15 is 0 Å². The van der Waals surface area contributed by atoms with Crippen LogP contribution in [0.4, 0.5) is 5.69 Å². The Labute approximate surface area is 177 Å². The lowest BCUT2D eigenvalue weighted by atomic mass is 9.92. The minimum atomic E-state index is 0.844. The Morgan fingerprint density at radius 3 is 2.34 bits per heavy atom. The predicted octanol–water partition coefficient (Wildman–Crippen LogP) is 5.19. The number of anilines is 1. The molecule has 1 aliphatic rings. The number of nitrogens with two attached hydrogens (primary N) is 1. The van der Waals surface area contributed by atoms with Crippen molar-refractivity contribution in [2.75, 3.05) is 31.5 Å². The zero-order chi connectivity index (χ0) is 20.2. The number of nitrogens with one attached hydrogen (secondary N) is 2. The van der Waals surface area contributed by atoms with E-state index in [0.29, 0.717) is 0 Å². The highest BCUT2D eigenvalue weighted by Gasteiger charge is 2.17. The van der Waals surface area contributed by atoms with Gasteiger partial charge in [0.1, 0.15) is 0 Å². The number of nitrogens with zero attached hydrogens (tertiary/aromatic N) is 1. The summed E-state index contributed by atoms with van der Waals surface area (Å²) in [6.07, 6.45) is 15.1. The van der Waals surface area contributed by atoms with Gasteiger partial charge in [-0.05, 0) is 82.6 Å². The predicted molar refractivity (Wildman–Crippen MR) is 126 cm³/mol. The molecular weight excluding hydrogens is 356 g/mol. The van der Waals surface area contributed by atoms with Crippen molar-refractivity contribution in [1.82, 2.24) is 10.3 Å². The largest absolute Gasteiger partial charge is 0.384 e. The van der Waals surface area contributed by atoms with Gasteiger partial charge in [-0.1, -0.05) is 43.9 Å². The van der Waals surface area contributed by atoms with E-state index in [0.717, 1.165) is 38.1 Å². The van der Waals surface area contributed by atoms with Gasteiger partial charge in [-0.2, -0.15) is 0 Å². The van der Waals surface area contributed by atoms with Crippen molar-refractivity contribution in [1.29, 1.82) is 0 Å². The molecule has 1 aromatic heterocycles. The first-order valence-electron chi connectivity index (χ1n) is 12.0. The Morgan fingerprint density at radius 2 is 1.48 bits per heavy atom. The number of fused-ring (bicyclic) bond motifs is 2. The summed E-state index contributed by atoms with van der Waals surface area (Å²) in [5.41, 5.74) is 10.8. The van der Waals surface area contributed by atoms with Crippen LogP contribution in [-0.2, 0) is 12.8 Å². The van der Waals surface area contributed by atoms with Crippen LogP contribution in [-0.4, -0.2) is 31.2 Å². The van der Waals surface area contributed by atoms with Crippen molar-refractivity contribution >= 4 is 16.6 Å². The highest BCUT2D eigenvalue weighted by molar-refractivity contribution is 5.93. The van der Waals surface area contributed by atoms with Gasteiger partial charge in [0.05, 0.1) is 5.52 Å². The fourth-order valence-electron chi connectivity index (χ4n) is 4.39. The highest BCUT2D eigenvalue weighted by Crippen LogP contribution is 2.33. The van der Waals surface area contributed by atoms with Crippen molar-refractivity contribution in [2.45, 2.75) is 77.0 Å². The van der Waals surface area contributed by atoms with Crippen LogP contribution < -0.4 is 16.4 Å². The maximum atomic E-state index is 5.53. The van der Waals surface area contributed by atoms with Crippen molar-refractivity contribution in [3.05, 3.63) is 35.5 Å². The SMILES string of the molecule is NCCCCCCCCNCCCCNc1c2c(nc3ccccc13)CCCC2. The number of para-hydroxylation sites is 1.